The molecule has 0 aromatic rings. The Morgan fingerprint density at radius 3 is 2.82 bits per heavy atom. The number of hydrogen-bond donors (Lipinski definition) is 0. The molecule has 0 unspecified atom stereocenters. The summed E-state index contributed by atoms with van der Waals surface area (Å²) in [5.41, 5.74) is 3.30. The molecule has 17 heavy (non-hydrogen) atoms. The molecule has 2 heteroatoms. The van der Waals surface area contributed by atoms with Gasteiger partial charge in [0.25, 0.3) is 0 Å². The summed E-state index contributed by atoms with van der Waals surface area (Å²) in [6, 6.07) is 0. The summed E-state index contributed by atoms with van der Waals surface area (Å²) < 4.78 is 5.71. The largest absolute Gasteiger partial charge is 0.366 e. The topological polar surface area (TPSA) is 29.6 Å². The Kier molecular flexibility index (Phi) is 3.26. The lowest BCUT2D eigenvalue weighted by Crippen LogP contribution is -2.19. The zero-order valence-corrected chi connectivity index (χ0v) is 11.3. The van der Waals surface area contributed by atoms with Crippen LogP contribution in [0.2, 0.25) is 0 Å². The van der Waals surface area contributed by atoms with E-state index >= 15 is 0 Å². The first-order chi connectivity index (χ1) is 7.92. The highest BCUT2D eigenvalue weighted by atomic mass is 16.6. The monoisotopic (exact) mass is 234 g/mol. The third kappa shape index (κ3) is 2.68. The average Bonchev–Trinajstić information content (AvgIpc) is 2.85. The third-order valence-corrected chi connectivity index (χ3v) is 3.94. The van der Waals surface area contributed by atoms with Crippen molar-refractivity contribution in [3.05, 3.63) is 22.8 Å². The lowest BCUT2D eigenvalue weighted by molar-refractivity contribution is -0.116. The zero-order chi connectivity index (χ0) is 12.6. The summed E-state index contributed by atoms with van der Waals surface area (Å²) in [6.07, 6.45) is 5.96. The summed E-state index contributed by atoms with van der Waals surface area (Å²) in [5.74, 6) is 0.265. The highest BCUT2D eigenvalue weighted by Gasteiger charge is 2.52. The van der Waals surface area contributed by atoms with E-state index in [-0.39, 0.29) is 17.5 Å². The van der Waals surface area contributed by atoms with Crippen LogP contribution in [0.1, 0.15) is 53.4 Å². The molecule has 1 fully saturated rings. The van der Waals surface area contributed by atoms with Gasteiger partial charge < -0.3 is 4.74 Å². The van der Waals surface area contributed by atoms with Crippen LogP contribution in [0.25, 0.3) is 0 Å². The fourth-order valence-corrected chi connectivity index (χ4v) is 2.57. The van der Waals surface area contributed by atoms with Crippen LogP contribution < -0.4 is 0 Å². The minimum atomic E-state index is -0.185. The van der Waals surface area contributed by atoms with E-state index in [0.717, 1.165) is 30.4 Å². The predicted octanol–water partition coefficient (Wildman–Crippen LogP) is 3.57. The van der Waals surface area contributed by atoms with E-state index in [9.17, 15) is 4.79 Å². The molecule has 0 aromatic heterocycles. The van der Waals surface area contributed by atoms with Gasteiger partial charge in [-0.3, -0.25) is 4.79 Å². The highest BCUT2D eigenvalue weighted by molar-refractivity contribution is 5.97. The van der Waals surface area contributed by atoms with Crippen LogP contribution >= 0.6 is 0 Å². The van der Waals surface area contributed by atoms with Gasteiger partial charge in [0.1, 0.15) is 0 Å². The van der Waals surface area contributed by atoms with Crippen molar-refractivity contribution in [3.8, 4) is 0 Å². The summed E-state index contributed by atoms with van der Waals surface area (Å²) in [4.78, 5) is 12.3. The molecular formula is C15H22O2. The fraction of sp³-hybridized carbons (Fsp3) is 0.667. The number of hydrogen-bond acceptors (Lipinski definition) is 2. The molecule has 0 aromatic carbocycles. The lowest BCUT2D eigenvalue weighted by Gasteiger charge is -2.12. The van der Waals surface area contributed by atoms with Crippen LogP contribution in [0.5, 0.6) is 0 Å². The zero-order valence-electron chi connectivity index (χ0n) is 11.3. The predicted molar refractivity (Wildman–Crippen MR) is 68.9 cm³/mol. The molecule has 0 spiro atoms. The summed E-state index contributed by atoms with van der Waals surface area (Å²) >= 11 is 0. The summed E-state index contributed by atoms with van der Waals surface area (Å²) in [6.45, 7) is 8.26. The van der Waals surface area contributed by atoms with Gasteiger partial charge in [-0.1, -0.05) is 17.2 Å². The van der Waals surface area contributed by atoms with Gasteiger partial charge in [0.2, 0.25) is 0 Å². The van der Waals surface area contributed by atoms with Crippen molar-refractivity contribution < 1.29 is 9.53 Å². The van der Waals surface area contributed by atoms with Crippen molar-refractivity contribution in [2.75, 3.05) is 0 Å². The number of carbonyl (C=O) groups is 1. The van der Waals surface area contributed by atoms with E-state index < -0.39 is 0 Å². The fourth-order valence-electron chi connectivity index (χ4n) is 2.57. The molecule has 94 valence electrons. The normalized spacial score (nSPS) is 36.9. The lowest BCUT2D eigenvalue weighted by atomic mass is 9.89. The van der Waals surface area contributed by atoms with Crippen LogP contribution in [-0.4, -0.2) is 17.5 Å². The van der Waals surface area contributed by atoms with Crippen molar-refractivity contribution in [3.63, 3.8) is 0 Å². The molecule has 0 saturated carbocycles. The first-order valence-electron chi connectivity index (χ1n) is 6.45. The Labute approximate surface area is 104 Å². The molecule has 2 rings (SSSR count). The number of ether oxygens (including phenoxy) is 1. The van der Waals surface area contributed by atoms with Gasteiger partial charge in [-0.05, 0) is 52.5 Å². The first-order valence-corrected chi connectivity index (χ1v) is 6.45. The molecule has 0 amide bonds. The molecule has 0 radical (unpaired) electrons. The van der Waals surface area contributed by atoms with Gasteiger partial charge >= 0.3 is 0 Å². The number of Topliss-reactive ketones (excluding diaryl/α,β-unsaturated/α-hetero) is 1. The molecule has 2 aliphatic rings. The van der Waals surface area contributed by atoms with Gasteiger partial charge in [0.05, 0.1) is 11.7 Å². The Bertz CT molecular complexity index is 399. The van der Waals surface area contributed by atoms with E-state index in [1.54, 1.807) is 0 Å². The number of ketones is 1. The Balaban J connectivity index is 2.25. The average molecular weight is 234 g/mol. The molecule has 2 atom stereocenters. The quantitative estimate of drug-likeness (QED) is 0.364. The highest BCUT2D eigenvalue weighted by Crippen LogP contribution is 2.44. The molecule has 0 bridgehead atoms. The first kappa shape index (κ1) is 12.6. The van der Waals surface area contributed by atoms with E-state index in [1.165, 1.54) is 5.57 Å². The molecule has 1 aliphatic heterocycles. The molecule has 0 N–H and O–H groups in total. The third-order valence-electron chi connectivity index (χ3n) is 3.94. The van der Waals surface area contributed by atoms with Crippen molar-refractivity contribution in [1.82, 2.24) is 0 Å². The van der Waals surface area contributed by atoms with Gasteiger partial charge in [0, 0.05) is 6.42 Å². The number of fused-ring (bicyclic) bond motifs is 1. The number of carbonyl (C=O) groups excluding carboxylic acids is 1. The Morgan fingerprint density at radius 2 is 2.18 bits per heavy atom. The van der Waals surface area contributed by atoms with E-state index in [4.69, 9.17) is 4.74 Å². The van der Waals surface area contributed by atoms with Crippen LogP contribution in [0.3, 0.4) is 0 Å². The minimum absolute atomic E-state index is 0.185. The molecule has 1 aliphatic carbocycles. The Morgan fingerprint density at radius 1 is 1.47 bits per heavy atom. The van der Waals surface area contributed by atoms with Gasteiger partial charge in [-0.2, -0.15) is 0 Å². The number of epoxide rings is 1. The number of allylic oxidation sites excluding steroid dienone is 4. The summed E-state index contributed by atoms with van der Waals surface area (Å²) in [7, 11) is 0. The second-order valence-corrected chi connectivity index (χ2v) is 5.79. The van der Waals surface area contributed by atoms with Crippen LogP contribution in [0, 0.1) is 0 Å². The van der Waals surface area contributed by atoms with Crippen molar-refractivity contribution in [2.45, 2.75) is 65.1 Å². The molecule has 2 nitrogen and oxygen atoms in total. The molecular weight excluding hydrogens is 212 g/mol. The maximum atomic E-state index is 12.3. The maximum Gasteiger partial charge on any atom is 0.162 e. The SMILES string of the molecule is CC(C)=C1C/C=C(\C)CC[C@@H]2O[C@]2(C)CC1=O. The van der Waals surface area contributed by atoms with Crippen LogP contribution in [0.4, 0.5) is 0 Å². The van der Waals surface area contributed by atoms with Gasteiger partial charge in [-0.15, -0.1) is 0 Å². The van der Waals surface area contributed by atoms with E-state index in [1.807, 2.05) is 13.8 Å². The second kappa shape index (κ2) is 4.41. The maximum absolute atomic E-state index is 12.3. The van der Waals surface area contributed by atoms with Crippen molar-refractivity contribution in [2.24, 2.45) is 0 Å². The van der Waals surface area contributed by atoms with Gasteiger partial charge in [-0.25, -0.2) is 0 Å². The number of rotatable bonds is 0. The van der Waals surface area contributed by atoms with E-state index in [0.29, 0.717) is 6.42 Å². The minimum Gasteiger partial charge on any atom is -0.366 e. The smallest absolute Gasteiger partial charge is 0.162 e. The van der Waals surface area contributed by atoms with Crippen molar-refractivity contribution in [1.29, 1.82) is 0 Å². The van der Waals surface area contributed by atoms with Crippen LogP contribution in [-0.2, 0) is 9.53 Å². The van der Waals surface area contributed by atoms with Crippen LogP contribution in [0.15, 0.2) is 22.8 Å². The second-order valence-electron chi connectivity index (χ2n) is 5.79. The summed E-state index contributed by atoms with van der Waals surface area (Å²) in [5, 5.41) is 0. The standard InChI is InChI=1S/C15H22O2/c1-10(2)12-7-5-11(3)6-8-14-15(4,17-14)9-13(12)16/h5,14H,6-9H2,1-4H3/b11-5+/t14-,15+/m0/s1. The Hall–Kier alpha value is -0.890. The van der Waals surface area contributed by atoms with Gasteiger partial charge in [0.15, 0.2) is 5.78 Å². The van der Waals surface area contributed by atoms with E-state index in [2.05, 4.69) is 19.9 Å². The van der Waals surface area contributed by atoms with Crippen molar-refractivity contribution >= 4 is 5.78 Å². The molecule has 1 saturated heterocycles. The molecule has 1 heterocycles.